The summed E-state index contributed by atoms with van der Waals surface area (Å²) in [6.07, 6.45) is 3.41. The fourth-order valence-electron chi connectivity index (χ4n) is 3.12. The van der Waals surface area contributed by atoms with Crippen molar-refractivity contribution in [1.82, 2.24) is 14.6 Å². The van der Waals surface area contributed by atoms with Gasteiger partial charge in [0.1, 0.15) is 5.82 Å². The van der Waals surface area contributed by atoms with E-state index in [0.29, 0.717) is 23.3 Å². The molecule has 2 aromatic heterocycles. The zero-order valence-corrected chi connectivity index (χ0v) is 15.0. The molecule has 4 rings (SSSR count). The lowest BCUT2D eigenvalue weighted by atomic mass is 9.97. The number of nitrogens with one attached hydrogen (secondary N) is 1. The molecule has 0 fully saturated rings. The number of hydrogen-bond acceptors (Lipinski definition) is 7. The van der Waals surface area contributed by atoms with E-state index in [1.807, 2.05) is 0 Å². The van der Waals surface area contributed by atoms with Crippen molar-refractivity contribution in [1.29, 1.82) is 0 Å². The highest BCUT2D eigenvalue weighted by Gasteiger charge is 2.20. The van der Waals surface area contributed by atoms with Crippen LogP contribution >= 0.6 is 0 Å². The van der Waals surface area contributed by atoms with Crippen LogP contribution in [0.25, 0.3) is 5.65 Å². The first kappa shape index (κ1) is 17.4. The van der Waals surface area contributed by atoms with E-state index in [9.17, 15) is 13.2 Å². The van der Waals surface area contributed by atoms with E-state index in [-0.39, 0.29) is 22.0 Å². The summed E-state index contributed by atoms with van der Waals surface area (Å²) in [5.74, 6) is 0.173. The highest BCUT2D eigenvalue weighted by atomic mass is 32.2. The molecule has 0 atom stereocenters. The Hall–Kier alpha value is -3.05. The molecule has 0 unspecified atom stereocenters. The van der Waals surface area contributed by atoms with Crippen LogP contribution in [0.2, 0.25) is 0 Å². The Balaban J connectivity index is 1.76. The summed E-state index contributed by atoms with van der Waals surface area (Å²) in [7, 11) is -3.77. The van der Waals surface area contributed by atoms with E-state index in [4.69, 9.17) is 10.9 Å². The normalized spacial score (nSPS) is 14.7. The molecule has 0 spiro atoms. The van der Waals surface area contributed by atoms with Crippen LogP contribution in [0.5, 0.6) is 0 Å². The van der Waals surface area contributed by atoms with Crippen LogP contribution in [0, 0.1) is 0 Å². The molecule has 140 valence electrons. The summed E-state index contributed by atoms with van der Waals surface area (Å²) in [4.78, 5) is 17.2. The number of anilines is 1. The molecule has 2 heterocycles. The smallest absolute Gasteiger partial charge is 0.276 e. The maximum atomic E-state index is 12.6. The Morgan fingerprint density at radius 2 is 1.81 bits per heavy atom. The van der Waals surface area contributed by atoms with Crippen LogP contribution < -0.4 is 16.4 Å². The molecule has 0 aliphatic heterocycles. The predicted octanol–water partition coefficient (Wildman–Crippen LogP) is 1.55. The molecule has 0 saturated heterocycles. The molecule has 1 aliphatic rings. The van der Waals surface area contributed by atoms with E-state index < -0.39 is 10.0 Å². The lowest BCUT2D eigenvalue weighted by molar-refractivity contribution is 0.598. The molecule has 0 bridgehead atoms. The zero-order valence-electron chi connectivity index (χ0n) is 14.2. The Morgan fingerprint density at radius 1 is 1.11 bits per heavy atom. The molecule has 1 aliphatic carbocycles. The average molecular weight is 387 g/mol. The standard InChI is InChI=1S/C16H17N7O3S/c17-14-13(21-20-9-5-7-10(8-6-9)27(18,25)26)15-19-12-4-2-1-3-11(12)16(24)23(15)22-14/h5-8,22H,1-4,17H2,(H2,18,25,26). The number of nitrogens with two attached hydrogens (primary N) is 2. The second-order valence-electron chi connectivity index (χ2n) is 6.32. The largest absolute Gasteiger partial charge is 0.382 e. The lowest BCUT2D eigenvalue weighted by Crippen LogP contribution is -2.24. The van der Waals surface area contributed by atoms with Gasteiger partial charge in [0.2, 0.25) is 10.0 Å². The number of hydrogen-bond donors (Lipinski definition) is 3. The van der Waals surface area contributed by atoms with Crippen molar-refractivity contribution < 1.29 is 8.42 Å². The van der Waals surface area contributed by atoms with Gasteiger partial charge < -0.3 is 5.73 Å². The van der Waals surface area contributed by atoms with Gasteiger partial charge in [-0.1, -0.05) is 0 Å². The number of fused-ring (bicyclic) bond motifs is 2. The Morgan fingerprint density at radius 3 is 2.52 bits per heavy atom. The van der Waals surface area contributed by atoms with Crippen LogP contribution in [0.3, 0.4) is 0 Å². The molecule has 0 radical (unpaired) electrons. The fraction of sp³-hybridized carbons (Fsp3) is 0.250. The van der Waals surface area contributed by atoms with Gasteiger partial charge in [0.05, 0.1) is 16.3 Å². The van der Waals surface area contributed by atoms with E-state index in [2.05, 4.69) is 20.3 Å². The number of benzene rings is 1. The minimum absolute atomic E-state index is 0.0205. The van der Waals surface area contributed by atoms with Gasteiger partial charge in [-0.2, -0.15) is 9.63 Å². The first-order valence-electron chi connectivity index (χ1n) is 8.31. The van der Waals surface area contributed by atoms with Gasteiger partial charge in [-0.05, 0) is 49.9 Å². The number of sulfonamides is 1. The minimum atomic E-state index is -3.77. The molecule has 10 nitrogen and oxygen atoms in total. The molecule has 27 heavy (non-hydrogen) atoms. The topological polar surface area (TPSA) is 161 Å². The van der Waals surface area contributed by atoms with Crippen LogP contribution in [0.1, 0.15) is 24.1 Å². The van der Waals surface area contributed by atoms with Crippen LogP contribution in [-0.4, -0.2) is 23.0 Å². The summed E-state index contributed by atoms with van der Waals surface area (Å²) in [6, 6.07) is 5.61. The third kappa shape index (κ3) is 3.11. The highest BCUT2D eigenvalue weighted by molar-refractivity contribution is 7.89. The number of aryl methyl sites for hydroxylation is 1. The van der Waals surface area contributed by atoms with E-state index >= 15 is 0 Å². The fourth-order valence-corrected chi connectivity index (χ4v) is 3.63. The second-order valence-corrected chi connectivity index (χ2v) is 7.88. The van der Waals surface area contributed by atoms with Crippen LogP contribution in [0.15, 0.2) is 44.2 Å². The quantitative estimate of drug-likeness (QED) is 0.580. The van der Waals surface area contributed by atoms with Gasteiger partial charge in [-0.25, -0.2) is 18.5 Å². The van der Waals surface area contributed by atoms with Crippen molar-refractivity contribution in [2.75, 3.05) is 5.73 Å². The molecular formula is C16H17N7O3S. The van der Waals surface area contributed by atoms with Crippen molar-refractivity contribution in [3.8, 4) is 0 Å². The van der Waals surface area contributed by atoms with Gasteiger partial charge in [0.15, 0.2) is 11.3 Å². The van der Waals surface area contributed by atoms with Gasteiger partial charge in [-0.3, -0.25) is 9.89 Å². The average Bonchev–Trinajstić information content (AvgIpc) is 2.95. The van der Waals surface area contributed by atoms with E-state index in [1.165, 1.54) is 28.8 Å². The number of aromatic nitrogens is 3. The molecular weight excluding hydrogens is 370 g/mol. The SMILES string of the molecule is Nc1[nH]n2c(=O)c3c(nc2c1N=Nc1ccc(S(N)(=O)=O)cc1)CCCC3. The van der Waals surface area contributed by atoms with Gasteiger partial charge in [0.25, 0.3) is 5.56 Å². The highest BCUT2D eigenvalue weighted by Crippen LogP contribution is 2.29. The summed E-state index contributed by atoms with van der Waals surface area (Å²) < 4.78 is 23.9. The molecule has 0 amide bonds. The van der Waals surface area contributed by atoms with Crippen molar-refractivity contribution in [2.45, 2.75) is 30.6 Å². The number of nitrogen functional groups attached to an aromatic ring is 1. The second kappa shape index (κ2) is 6.28. The Kier molecular flexibility index (Phi) is 4.04. The maximum absolute atomic E-state index is 12.6. The summed E-state index contributed by atoms with van der Waals surface area (Å²) in [5, 5.41) is 16.0. The van der Waals surface area contributed by atoms with Crippen molar-refractivity contribution >= 4 is 32.9 Å². The summed E-state index contributed by atoms with van der Waals surface area (Å²) in [5.41, 5.74) is 8.27. The first-order valence-corrected chi connectivity index (χ1v) is 9.86. The van der Waals surface area contributed by atoms with Gasteiger partial charge in [0, 0.05) is 5.56 Å². The molecule has 1 aromatic carbocycles. The third-order valence-corrected chi connectivity index (χ3v) is 5.41. The molecule has 0 saturated carbocycles. The minimum Gasteiger partial charge on any atom is -0.382 e. The third-order valence-electron chi connectivity index (χ3n) is 4.48. The number of azo groups is 1. The van der Waals surface area contributed by atoms with Crippen LogP contribution in [0.4, 0.5) is 17.2 Å². The number of H-pyrrole nitrogens is 1. The van der Waals surface area contributed by atoms with Crippen molar-refractivity contribution in [2.24, 2.45) is 15.4 Å². The number of primary sulfonamides is 1. The van der Waals surface area contributed by atoms with Gasteiger partial charge >= 0.3 is 0 Å². The Bertz CT molecular complexity index is 1220. The lowest BCUT2D eigenvalue weighted by Gasteiger charge is -2.13. The molecule has 3 aromatic rings. The molecule has 5 N–H and O–H groups in total. The number of rotatable bonds is 3. The van der Waals surface area contributed by atoms with Gasteiger partial charge in [-0.15, -0.1) is 5.11 Å². The molecule has 11 heteroatoms. The van der Waals surface area contributed by atoms with E-state index in [1.54, 1.807) is 0 Å². The van der Waals surface area contributed by atoms with Crippen molar-refractivity contribution in [3.05, 3.63) is 45.9 Å². The monoisotopic (exact) mass is 387 g/mol. The van der Waals surface area contributed by atoms with Crippen molar-refractivity contribution in [3.63, 3.8) is 0 Å². The van der Waals surface area contributed by atoms with Crippen LogP contribution in [-0.2, 0) is 22.9 Å². The summed E-state index contributed by atoms with van der Waals surface area (Å²) in [6.45, 7) is 0. The Labute approximate surface area is 154 Å². The zero-order chi connectivity index (χ0) is 19.2. The van der Waals surface area contributed by atoms with E-state index in [0.717, 1.165) is 25.0 Å². The predicted molar refractivity (Wildman–Crippen MR) is 98.9 cm³/mol. The maximum Gasteiger partial charge on any atom is 0.276 e. The first-order chi connectivity index (χ1) is 12.8. The number of nitrogens with zero attached hydrogens (tertiary/aromatic N) is 4. The number of aromatic amines is 1. The summed E-state index contributed by atoms with van der Waals surface area (Å²) >= 11 is 0.